The summed E-state index contributed by atoms with van der Waals surface area (Å²) in [5.41, 5.74) is 1.70. The minimum absolute atomic E-state index is 0. The van der Waals surface area contributed by atoms with Crippen LogP contribution < -0.4 is 10.6 Å². The van der Waals surface area contributed by atoms with E-state index in [1.54, 1.807) is 25.2 Å². The lowest BCUT2D eigenvalue weighted by Crippen LogP contribution is -2.46. The normalized spacial score (nSPS) is 15.9. The molecule has 0 aliphatic carbocycles. The third kappa shape index (κ3) is 6.78. The lowest BCUT2D eigenvalue weighted by molar-refractivity contribution is 0.0170. The predicted octanol–water partition coefficient (Wildman–Crippen LogP) is 3.03. The first-order valence-corrected chi connectivity index (χ1v) is 9.56. The molecule has 30 heavy (non-hydrogen) atoms. The van der Waals surface area contributed by atoms with E-state index in [-0.39, 0.29) is 41.6 Å². The number of phenols is 1. The van der Waals surface area contributed by atoms with Crippen molar-refractivity contribution in [2.75, 3.05) is 39.9 Å². The SMILES string of the molecule is CN=C(NCc1ccc(O)c(F)c1)NCC(c1ccc(F)cc1)N1CCOCC1.I. The van der Waals surface area contributed by atoms with E-state index in [4.69, 9.17) is 4.74 Å². The molecule has 1 unspecified atom stereocenters. The largest absolute Gasteiger partial charge is 0.505 e. The van der Waals surface area contributed by atoms with E-state index < -0.39 is 5.82 Å². The summed E-state index contributed by atoms with van der Waals surface area (Å²) in [6, 6.07) is 10.8. The lowest BCUT2D eigenvalue weighted by atomic mass is 10.0. The van der Waals surface area contributed by atoms with Gasteiger partial charge in [-0.2, -0.15) is 0 Å². The summed E-state index contributed by atoms with van der Waals surface area (Å²) in [6.07, 6.45) is 0. The predicted molar refractivity (Wildman–Crippen MR) is 123 cm³/mol. The average Bonchev–Trinajstić information content (AvgIpc) is 2.75. The number of aliphatic imine (C=N–C) groups is 1. The Bertz CT molecular complexity index is 830. The molecule has 6 nitrogen and oxygen atoms in total. The van der Waals surface area contributed by atoms with Gasteiger partial charge >= 0.3 is 0 Å². The molecule has 3 rings (SSSR count). The zero-order valence-electron chi connectivity index (χ0n) is 16.8. The number of rotatable bonds is 6. The smallest absolute Gasteiger partial charge is 0.191 e. The zero-order valence-corrected chi connectivity index (χ0v) is 19.1. The van der Waals surface area contributed by atoms with E-state index in [0.29, 0.717) is 37.8 Å². The van der Waals surface area contributed by atoms with Crippen molar-refractivity contribution in [3.8, 4) is 5.75 Å². The number of nitrogens with zero attached hydrogens (tertiary/aromatic N) is 2. The second kappa shape index (κ2) is 12.0. The van der Waals surface area contributed by atoms with Crippen molar-refractivity contribution in [2.24, 2.45) is 4.99 Å². The molecule has 0 aromatic heterocycles. The van der Waals surface area contributed by atoms with Crippen LogP contribution in [-0.2, 0) is 11.3 Å². The van der Waals surface area contributed by atoms with Crippen molar-refractivity contribution in [1.82, 2.24) is 15.5 Å². The minimum atomic E-state index is -0.657. The second-order valence-electron chi connectivity index (χ2n) is 6.81. The maximum atomic E-state index is 13.5. The number of morpholine rings is 1. The second-order valence-corrected chi connectivity index (χ2v) is 6.81. The Morgan fingerprint density at radius 1 is 1.13 bits per heavy atom. The first-order valence-electron chi connectivity index (χ1n) is 9.56. The van der Waals surface area contributed by atoms with E-state index in [9.17, 15) is 13.9 Å². The first kappa shape index (κ1) is 24.3. The highest BCUT2D eigenvalue weighted by Gasteiger charge is 2.23. The van der Waals surface area contributed by atoms with Crippen molar-refractivity contribution >= 4 is 29.9 Å². The van der Waals surface area contributed by atoms with Gasteiger partial charge in [0.05, 0.1) is 19.3 Å². The summed E-state index contributed by atoms with van der Waals surface area (Å²) in [6.45, 7) is 3.84. The number of aromatic hydroxyl groups is 1. The third-order valence-corrected chi connectivity index (χ3v) is 4.90. The fourth-order valence-electron chi connectivity index (χ4n) is 3.29. The molecule has 1 fully saturated rings. The van der Waals surface area contributed by atoms with Crippen molar-refractivity contribution in [1.29, 1.82) is 0 Å². The van der Waals surface area contributed by atoms with Crippen LogP contribution in [-0.4, -0.2) is 55.9 Å². The number of hydrogen-bond donors (Lipinski definition) is 3. The third-order valence-electron chi connectivity index (χ3n) is 4.90. The summed E-state index contributed by atoms with van der Waals surface area (Å²) >= 11 is 0. The monoisotopic (exact) mass is 532 g/mol. The Labute approximate surface area is 192 Å². The van der Waals surface area contributed by atoms with Gasteiger partial charge in [-0.05, 0) is 35.4 Å². The molecule has 2 aromatic rings. The molecule has 1 atom stereocenters. The fraction of sp³-hybridized carbons (Fsp3) is 0.381. The van der Waals surface area contributed by atoms with E-state index in [1.165, 1.54) is 24.3 Å². The Balaban J connectivity index is 0.00000320. The molecule has 0 amide bonds. The number of guanidine groups is 1. The van der Waals surface area contributed by atoms with Crippen molar-refractivity contribution in [3.05, 3.63) is 65.2 Å². The molecule has 164 valence electrons. The number of nitrogens with one attached hydrogen (secondary N) is 2. The molecule has 1 saturated heterocycles. The highest BCUT2D eigenvalue weighted by molar-refractivity contribution is 14.0. The van der Waals surface area contributed by atoms with Crippen LogP contribution in [0.1, 0.15) is 17.2 Å². The molecule has 0 bridgehead atoms. The summed E-state index contributed by atoms with van der Waals surface area (Å²) in [5.74, 6) is -0.722. The van der Waals surface area contributed by atoms with Crippen molar-refractivity contribution in [2.45, 2.75) is 12.6 Å². The van der Waals surface area contributed by atoms with Gasteiger partial charge in [0, 0.05) is 33.2 Å². The number of hydrogen-bond acceptors (Lipinski definition) is 4. The van der Waals surface area contributed by atoms with Crippen LogP contribution in [0.2, 0.25) is 0 Å². The number of ether oxygens (including phenoxy) is 1. The van der Waals surface area contributed by atoms with Gasteiger partial charge < -0.3 is 20.5 Å². The van der Waals surface area contributed by atoms with Crippen LogP contribution in [0.5, 0.6) is 5.75 Å². The molecular formula is C21H27F2IN4O2. The van der Waals surface area contributed by atoms with E-state index in [1.807, 2.05) is 0 Å². The molecule has 2 aromatic carbocycles. The fourth-order valence-corrected chi connectivity index (χ4v) is 3.29. The van der Waals surface area contributed by atoms with Gasteiger partial charge in [-0.15, -0.1) is 24.0 Å². The van der Waals surface area contributed by atoms with Crippen LogP contribution in [0, 0.1) is 11.6 Å². The Morgan fingerprint density at radius 2 is 1.83 bits per heavy atom. The molecule has 1 aliphatic rings. The van der Waals surface area contributed by atoms with Crippen molar-refractivity contribution in [3.63, 3.8) is 0 Å². The number of phenolic OH excluding ortho intramolecular Hbond substituents is 1. The highest BCUT2D eigenvalue weighted by atomic mass is 127. The Hall–Kier alpha value is -1.98. The average molecular weight is 532 g/mol. The quantitative estimate of drug-likeness (QED) is 0.303. The summed E-state index contributed by atoms with van der Waals surface area (Å²) in [4.78, 5) is 6.51. The Kier molecular flexibility index (Phi) is 9.73. The molecule has 0 spiro atoms. The summed E-state index contributed by atoms with van der Waals surface area (Å²) < 4.78 is 32.3. The molecule has 0 saturated carbocycles. The molecule has 1 heterocycles. The van der Waals surface area contributed by atoms with Crippen LogP contribution >= 0.6 is 24.0 Å². The van der Waals surface area contributed by atoms with Crippen LogP contribution in [0.25, 0.3) is 0 Å². The molecular weight excluding hydrogens is 505 g/mol. The van der Waals surface area contributed by atoms with Crippen molar-refractivity contribution < 1.29 is 18.6 Å². The van der Waals surface area contributed by atoms with Crippen LogP contribution in [0.4, 0.5) is 8.78 Å². The zero-order chi connectivity index (χ0) is 20.6. The van der Waals surface area contributed by atoms with E-state index in [2.05, 4.69) is 20.5 Å². The first-order chi connectivity index (χ1) is 14.1. The summed E-state index contributed by atoms with van der Waals surface area (Å²) in [7, 11) is 1.66. The molecule has 9 heteroatoms. The van der Waals surface area contributed by atoms with E-state index in [0.717, 1.165) is 18.7 Å². The standard InChI is InChI=1S/C21H26F2N4O2.HI/c1-24-21(25-13-15-2-7-20(28)18(23)12-15)26-14-19(27-8-10-29-11-9-27)16-3-5-17(22)6-4-16;/h2-7,12,19,28H,8-11,13-14H2,1H3,(H2,24,25,26);1H. The Morgan fingerprint density at radius 3 is 2.47 bits per heavy atom. The number of halogens is 3. The van der Waals surface area contributed by atoms with Gasteiger partial charge in [0.1, 0.15) is 5.82 Å². The van der Waals surface area contributed by atoms with Crippen LogP contribution in [0.15, 0.2) is 47.5 Å². The summed E-state index contributed by atoms with van der Waals surface area (Å²) in [5, 5.41) is 15.7. The van der Waals surface area contributed by atoms with Gasteiger partial charge in [-0.25, -0.2) is 8.78 Å². The topological polar surface area (TPSA) is 69.1 Å². The highest BCUT2D eigenvalue weighted by Crippen LogP contribution is 2.22. The molecule has 3 N–H and O–H groups in total. The lowest BCUT2D eigenvalue weighted by Gasteiger charge is -2.35. The van der Waals surface area contributed by atoms with Crippen LogP contribution in [0.3, 0.4) is 0 Å². The number of benzene rings is 2. The maximum Gasteiger partial charge on any atom is 0.191 e. The van der Waals surface area contributed by atoms with Gasteiger partial charge in [0.2, 0.25) is 0 Å². The van der Waals surface area contributed by atoms with Gasteiger partial charge in [-0.3, -0.25) is 9.89 Å². The van der Waals surface area contributed by atoms with Gasteiger partial charge in [-0.1, -0.05) is 18.2 Å². The van der Waals surface area contributed by atoms with E-state index >= 15 is 0 Å². The maximum absolute atomic E-state index is 13.5. The minimum Gasteiger partial charge on any atom is -0.505 e. The molecule has 1 aliphatic heterocycles. The van der Waals surface area contributed by atoms with Gasteiger partial charge in [0.25, 0.3) is 0 Å². The van der Waals surface area contributed by atoms with Gasteiger partial charge in [0.15, 0.2) is 17.5 Å². The molecule has 0 radical (unpaired) electrons.